The summed E-state index contributed by atoms with van der Waals surface area (Å²) in [5, 5.41) is 8.18. The highest BCUT2D eigenvalue weighted by Crippen LogP contribution is 1.97. The van der Waals surface area contributed by atoms with E-state index >= 15 is 0 Å². The Kier molecular flexibility index (Phi) is 2.22. The maximum absolute atomic E-state index is 8.18. The highest BCUT2D eigenvalue weighted by molar-refractivity contribution is 5.50. The Bertz CT molecular complexity index is 256. The largest absolute Gasteiger partial charge is 0.265 e. The molecule has 0 aliphatic heterocycles. The third-order valence-corrected chi connectivity index (χ3v) is 1.06. The Labute approximate surface area is 59.4 Å². The van der Waals surface area contributed by atoms with Crippen LogP contribution in [-0.4, -0.2) is 4.98 Å². The van der Waals surface area contributed by atoms with E-state index in [2.05, 4.69) is 4.98 Å². The van der Waals surface area contributed by atoms with Crippen LogP contribution in [0.1, 0.15) is 5.56 Å². The Morgan fingerprint density at radius 2 is 2.10 bits per heavy atom. The van der Waals surface area contributed by atoms with Crippen LogP contribution in [0.15, 0.2) is 30.6 Å². The van der Waals surface area contributed by atoms with Crippen LogP contribution >= 0.6 is 0 Å². The normalized spacial score (nSPS) is 9.50. The second-order valence-electron chi connectivity index (χ2n) is 1.74. The van der Waals surface area contributed by atoms with Crippen molar-refractivity contribution in [3.8, 4) is 6.07 Å². The Balaban J connectivity index is 2.79. The molecule has 1 aromatic heterocycles. The first-order valence-electron chi connectivity index (χ1n) is 2.89. The van der Waals surface area contributed by atoms with Gasteiger partial charge in [-0.2, -0.15) is 5.26 Å². The standard InChI is InChI=1S/C8H6N2/c9-5-1-2-8-3-6-10-7-4-8/h1-4,6-7H/b2-1+. The van der Waals surface area contributed by atoms with Crippen LogP contribution in [0.3, 0.4) is 0 Å². The summed E-state index contributed by atoms with van der Waals surface area (Å²) in [5.74, 6) is 0. The Hall–Kier alpha value is -1.62. The molecule has 48 valence electrons. The van der Waals surface area contributed by atoms with Gasteiger partial charge in [0.15, 0.2) is 0 Å². The fourth-order valence-electron chi connectivity index (χ4n) is 0.608. The summed E-state index contributed by atoms with van der Waals surface area (Å²) in [7, 11) is 0. The summed E-state index contributed by atoms with van der Waals surface area (Å²) < 4.78 is 0. The summed E-state index contributed by atoms with van der Waals surface area (Å²) in [6.45, 7) is 0. The van der Waals surface area contributed by atoms with Crippen molar-refractivity contribution in [2.45, 2.75) is 0 Å². The van der Waals surface area contributed by atoms with Gasteiger partial charge in [0, 0.05) is 18.5 Å². The van der Waals surface area contributed by atoms with E-state index in [1.165, 1.54) is 6.08 Å². The molecule has 1 rings (SSSR count). The van der Waals surface area contributed by atoms with Gasteiger partial charge in [0.2, 0.25) is 0 Å². The maximum atomic E-state index is 8.18. The van der Waals surface area contributed by atoms with Crippen molar-refractivity contribution in [1.82, 2.24) is 4.98 Å². The van der Waals surface area contributed by atoms with Gasteiger partial charge in [-0.3, -0.25) is 4.98 Å². The van der Waals surface area contributed by atoms with Crippen LogP contribution in [0.2, 0.25) is 0 Å². The first kappa shape index (κ1) is 6.50. The second-order valence-corrected chi connectivity index (χ2v) is 1.74. The van der Waals surface area contributed by atoms with Gasteiger partial charge in [-0.05, 0) is 23.8 Å². The molecule has 0 saturated heterocycles. The summed E-state index contributed by atoms with van der Waals surface area (Å²) in [5.41, 5.74) is 0.997. The minimum atomic E-state index is 0.997. The fraction of sp³-hybridized carbons (Fsp3) is 0. The molecule has 0 spiro atoms. The van der Waals surface area contributed by atoms with Gasteiger partial charge in [0.25, 0.3) is 0 Å². The molecule has 0 aromatic carbocycles. The third-order valence-electron chi connectivity index (χ3n) is 1.06. The van der Waals surface area contributed by atoms with Crippen molar-refractivity contribution < 1.29 is 0 Å². The molecule has 0 unspecified atom stereocenters. The van der Waals surface area contributed by atoms with Crippen molar-refractivity contribution in [2.24, 2.45) is 0 Å². The number of hydrogen-bond donors (Lipinski definition) is 0. The van der Waals surface area contributed by atoms with Gasteiger partial charge in [-0.25, -0.2) is 0 Å². The summed E-state index contributed by atoms with van der Waals surface area (Å²) >= 11 is 0. The van der Waals surface area contributed by atoms with Crippen LogP contribution in [0.25, 0.3) is 6.08 Å². The number of pyridine rings is 1. The van der Waals surface area contributed by atoms with E-state index in [0.29, 0.717) is 0 Å². The topological polar surface area (TPSA) is 36.7 Å². The zero-order valence-electron chi connectivity index (χ0n) is 5.36. The van der Waals surface area contributed by atoms with Gasteiger partial charge in [-0.1, -0.05) is 0 Å². The van der Waals surface area contributed by atoms with E-state index in [0.717, 1.165) is 5.56 Å². The smallest absolute Gasteiger partial charge is 0.0912 e. The van der Waals surface area contributed by atoms with E-state index in [9.17, 15) is 0 Å². The minimum absolute atomic E-state index is 0.997. The molecule has 10 heavy (non-hydrogen) atoms. The number of hydrogen-bond acceptors (Lipinski definition) is 2. The maximum Gasteiger partial charge on any atom is 0.0912 e. The van der Waals surface area contributed by atoms with Crippen LogP contribution < -0.4 is 0 Å². The fourth-order valence-corrected chi connectivity index (χ4v) is 0.608. The lowest BCUT2D eigenvalue weighted by Gasteiger charge is -1.85. The highest BCUT2D eigenvalue weighted by atomic mass is 14.6. The average Bonchev–Trinajstić information content (AvgIpc) is 2.03. The second kappa shape index (κ2) is 3.41. The van der Waals surface area contributed by atoms with E-state index in [1.807, 2.05) is 18.2 Å². The molecule has 0 atom stereocenters. The van der Waals surface area contributed by atoms with E-state index < -0.39 is 0 Å². The molecular weight excluding hydrogens is 124 g/mol. The predicted molar refractivity (Wildman–Crippen MR) is 38.9 cm³/mol. The molecule has 0 saturated carbocycles. The minimum Gasteiger partial charge on any atom is -0.265 e. The van der Waals surface area contributed by atoms with E-state index in [4.69, 9.17) is 5.26 Å². The van der Waals surface area contributed by atoms with Crippen LogP contribution in [-0.2, 0) is 0 Å². The van der Waals surface area contributed by atoms with Crippen LogP contribution in [0, 0.1) is 11.3 Å². The molecule has 0 aliphatic carbocycles. The zero-order chi connectivity index (χ0) is 7.23. The molecule has 2 heteroatoms. The Morgan fingerprint density at radius 3 is 2.70 bits per heavy atom. The van der Waals surface area contributed by atoms with Crippen LogP contribution in [0.5, 0.6) is 0 Å². The first-order valence-corrected chi connectivity index (χ1v) is 2.89. The highest BCUT2D eigenvalue weighted by Gasteiger charge is 1.79. The summed E-state index contributed by atoms with van der Waals surface area (Å²) in [4.78, 5) is 3.84. The molecule has 0 radical (unpaired) electrons. The Morgan fingerprint density at radius 1 is 1.40 bits per heavy atom. The van der Waals surface area contributed by atoms with Gasteiger partial charge in [-0.15, -0.1) is 0 Å². The zero-order valence-corrected chi connectivity index (χ0v) is 5.36. The quantitative estimate of drug-likeness (QED) is 0.541. The van der Waals surface area contributed by atoms with Gasteiger partial charge in [0.05, 0.1) is 6.07 Å². The lowest BCUT2D eigenvalue weighted by Crippen LogP contribution is -1.70. The number of rotatable bonds is 1. The van der Waals surface area contributed by atoms with Crippen molar-refractivity contribution in [2.75, 3.05) is 0 Å². The van der Waals surface area contributed by atoms with Crippen LogP contribution in [0.4, 0.5) is 0 Å². The van der Waals surface area contributed by atoms with E-state index in [-0.39, 0.29) is 0 Å². The van der Waals surface area contributed by atoms with Gasteiger partial charge < -0.3 is 0 Å². The van der Waals surface area contributed by atoms with Gasteiger partial charge >= 0.3 is 0 Å². The average molecular weight is 130 g/mol. The summed E-state index contributed by atoms with van der Waals surface area (Å²) in [6, 6.07) is 5.60. The molecule has 0 N–H and O–H groups in total. The van der Waals surface area contributed by atoms with Gasteiger partial charge in [0.1, 0.15) is 0 Å². The molecule has 1 aromatic rings. The SMILES string of the molecule is N#C/C=C/c1ccncc1. The molecular formula is C8H6N2. The predicted octanol–water partition coefficient (Wildman–Crippen LogP) is 1.62. The molecule has 0 bridgehead atoms. The van der Waals surface area contributed by atoms with Crippen molar-refractivity contribution in [1.29, 1.82) is 5.26 Å². The molecule has 1 heterocycles. The first-order chi connectivity index (χ1) is 4.93. The lowest BCUT2D eigenvalue weighted by atomic mass is 10.2. The van der Waals surface area contributed by atoms with E-state index in [1.54, 1.807) is 18.5 Å². The number of nitriles is 1. The molecule has 0 amide bonds. The number of aromatic nitrogens is 1. The lowest BCUT2D eigenvalue weighted by molar-refractivity contribution is 1.32. The monoisotopic (exact) mass is 130 g/mol. The molecule has 2 nitrogen and oxygen atoms in total. The van der Waals surface area contributed by atoms with Crippen molar-refractivity contribution in [3.63, 3.8) is 0 Å². The van der Waals surface area contributed by atoms with Crippen molar-refractivity contribution >= 4 is 6.08 Å². The summed E-state index contributed by atoms with van der Waals surface area (Å²) in [6.07, 6.45) is 6.56. The molecule has 0 fully saturated rings. The third kappa shape index (κ3) is 1.71. The number of nitrogens with zero attached hydrogens (tertiary/aromatic N) is 2. The molecule has 0 aliphatic rings. The van der Waals surface area contributed by atoms with Crippen molar-refractivity contribution in [3.05, 3.63) is 36.2 Å². The number of allylic oxidation sites excluding steroid dienone is 1.